The Hall–Kier alpha value is -0.753. The molecule has 1 aliphatic carbocycles. The van der Waals surface area contributed by atoms with Gasteiger partial charge in [-0.1, -0.05) is 18.2 Å². The molecular weight excluding hydrogens is 270 g/mol. The number of hydrogen-bond donors (Lipinski definition) is 0. The van der Waals surface area contributed by atoms with Crippen molar-refractivity contribution in [1.29, 1.82) is 0 Å². The van der Waals surface area contributed by atoms with Crippen LogP contribution in [-0.2, 0) is 13.3 Å². The molecule has 0 amide bonds. The van der Waals surface area contributed by atoms with E-state index in [-0.39, 0.29) is 0 Å². The van der Waals surface area contributed by atoms with Crippen molar-refractivity contribution in [3.8, 4) is 0 Å². The fraction of sp³-hybridized carbons (Fsp3) is 0.667. The molecule has 0 aromatic carbocycles. The average Bonchev–Trinajstić information content (AvgIpc) is 2.46. The molecule has 0 saturated heterocycles. The molecule has 20 heavy (non-hydrogen) atoms. The highest BCUT2D eigenvalue weighted by molar-refractivity contribution is 6.60. The van der Waals surface area contributed by atoms with E-state index in [4.69, 9.17) is 13.3 Å². The highest BCUT2D eigenvalue weighted by Crippen LogP contribution is 2.18. The Morgan fingerprint density at radius 3 is 2.20 bits per heavy atom. The largest absolute Gasteiger partial charge is 0.500 e. The molecule has 0 heterocycles. The van der Waals surface area contributed by atoms with E-state index < -0.39 is 8.80 Å². The SMILES string of the molecule is CCO[Si](CCCN=C1C=CC=CC1)(OCC)OCC. The second-order valence-corrected chi connectivity index (χ2v) is 7.18. The molecule has 0 aliphatic heterocycles. The van der Waals surface area contributed by atoms with E-state index in [9.17, 15) is 0 Å². The molecule has 114 valence electrons. The van der Waals surface area contributed by atoms with Gasteiger partial charge in [-0.25, -0.2) is 0 Å². The van der Waals surface area contributed by atoms with Gasteiger partial charge in [-0.15, -0.1) is 0 Å². The molecule has 0 aromatic heterocycles. The Kier molecular flexibility index (Phi) is 8.69. The monoisotopic (exact) mass is 297 g/mol. The molecule has 0 radical (unpaired) electrons. The van der Waals surface area contributed by atoms with E-state index >= 15 is 0 Å². The summed E-state index contributed by atoms with van der Waals surface area (Å²) in [6, 6.07) is 0.832. The Balaban J connectivity index is 2.44. The summed E-state index contributed by atoms with van der Waals surface area (Å²) in [4.78, 5) is 4.60. The Morgan fingerprint density at radius 1 is 1.05 bits per heavy atom. The van der Waals surface area contributed by atoms with Crippen LogP contribution in [0.2, 0.25) is 6.04 Å². The van der Waals surface area contributed by atoms with Crippen LogP contribution in [0.5, 0.6) is 0 Å². The molecule has 0 spiro atoms. The Labute approximate surface area is 123 Å². The maximum Gasteiger partial charge on any atom is 0.500 e. The molecule has 0 saturated carbocycles. The number of rotatable bonds is 10. The Morgan fingerprint density at radius 2 is 1.70 bits per heavy atom. The summed E-state index contributed by atoms with van der Waals surface area (Å²) in [6.45, 7) is 8.66. The summed E-state index contributed by atoms with van der Waals surface area (Å²) in [5.41, 5.74) is 1.14. The quantitative estimate of drug-likeness (QED) is 0.458. The minimum atomic E-state index is -2.48. The smallest absolute Gasteiger partial charge is 0.374 e. The van der Waals surface area contributed by atoms with Crippen molar-refractivity contribution in [2.24, 2.45) is 4.99 Å². The van der Waals surface area contributed by atoms with Crippen molar-refractivity contribution in [3.05, 3.63) is 24.3 Å². The summed E-state index contributed by atoms with van der Waals surface area (Å²) in [7, 11) is -2.48. The van der Waals surface area contributed by atoms with Crippen LogP contribution >= 0.6 is 0 Å². The van der Waals surface area contributed by atoms with Gasteiger partial charge < -0.3 is 13.3 Å². The van der Waals surface area contributed by atoms with E-state index in [1.807, 2.05) is 26.8 Å². The summed E-state index contributed by atoms with van der Waals surface area (Å²) in [6.07, 6.45) is 10.1. The van der Waals surface area contributed by atoms with Crippen LogP contribution in [0.15, 0.2) is 29.3 Å². The third-order valence-electron chi connectivity index (χ3n) is 2.91. The highest BCUT2D eigenvalue weighted by atomic mass is 28.4. The third-order valence-corrected chi connectivity index (χ3v) is 6.06. The zero-order valence-corrected chi connectivity index (χ0v) is 13.9. The first-order valence-electron chi connectivity index (χ1n) is 7.54. The molecule has 0 bridgehead atoms. The lowest BCUT2D eigenvalue weighted by atomic mass is 10.1. The van der Waals surface area contributed by atoms with Gasteiger partial charge in [0.15, 0.2) is 0 Å². The lowest BCUT2D eigenvalue weighted by molar-refractivity contribution is 0.0710. The average molecular weight is 297 g/mol. The zero-order valence-electron chi connectivity index (χ0n) is 12.9. The maximum atomic E-state index is 5.82. The van der Waals surface area contributed by atoms with Crippen LogP contribution in [0, 0.1) is 0 Å². The van der Waals surface area contributed by atoms with E-state index in [0.717, 1.165) is 31.1 Å². The molecule has 0 fully saturated rings. The number of aliphatic imine (C=N–C) groups is 1. The summed E-state index contributed by atoms with van der Waals surface area (Å²) in [5, 5.41) is 0. The van der Waals surface area contributed by atoms with Gasteiger partial charge in [0.05, 0.1) is 0 Å². The van der Waals surface area contributed by atoms with Gasteiger partial charge in [0.2, 0.25) is 0 Å². The lowest BCUT2D eigenvalue weighted by Crippen LogP contribution is -2.46. The van der Waals surface area contributed by atoms with Crippen LogP contribution in [0.3, 0.4) is 0 Å². The first-order valence-corrected chi connectivity index (χ1v) is 9.48. The van der Waals surface area contributed by atoms with Crippen molar-refractivity contribution in [2.45, 2.75) is 39.7 Å². The van der Waals surface area contributed by atoms with Gasteiger partial charge in [0, 0.05) is 44.5 Å². The molecule has 1 rings (SSSR count). The molecule has 0 N–H and O–H groups in total. The van der Waals surface area contributed by atoms with Crippen LogP contribution < -0.4 is 0 Å². The van der Waals surface area contributed by atoms with Crippen molar-refractivity contribution < 1.29 is 13.3 Å². The van der Waals surface area contributed by atoms with Gasteiger partial charge in [-0.2, -0.15) is 0 Å². The van der Waals surface area contributed by atoms with Crippen molar-refractivity contribution in [3.63, 3.8) is 0 Å². The first kappa shape index (κ1) is 17.3. The summed E-state index contributed by atoms with van der Waals surface area (Å²) in [5.74, 6) is 0. The summed E-state index contributed by atoms with van der Waals surface area (Å²) < 4.78 is 17.5. The highest BCUT2D eigenvalue weighted by Gasteiger charge is 2.39. The van der Waals surface area contributed by atoms with E-state index in [2.05, 4.69) is 23.2 Å². The van der Waals surface area contributed by atoms with Crippen molar-refractivity contribution in [2.75, 3.05) is 26.4 Å². The number of nitrogens with zero attached hydrogens (tertiary/aromatic N) is 1. The Bertz CT molecular complexity index is 336. The first-order chi connectivity index (χ1) is 9.76. The fourth-order valence-corrected chi connectivity index (χ4v) is 4.73. The molecule has 0 atom stereocenters. The molecule has 0 unspecified atom stereocenters. The van der Waals surface area contributed by atoms with E-state index in [0.29, 0.717) is 19.8 Å². The van der Waals surface area contributed by atoms with Crippen molar-refractivity contribution in [1.82, 2.24) is 0 Å². The third kappa shape index (κ3) is 6.13. The standard InChI is InChI=1S/C15H27NO3Si/c1-4-17-20(18-5-2,19-6-3)14-10-13-16-15-11-8-7-9-12-15/h7-9,11H,4-6,10,12-14H2,1-3H3. The molecule has 1 aliphatic rings. The minimum Gasteiger partial charge on any atom is -0.374 e. The van der Waals surface area contributed by atoms with Crippen LogP contribution in [0.25, 0.3) is 0 Å². The number of hydrogen-bond acceptors (Lipinski definition) is 4. The van der Waals surface area contributed by atoms with Gasteiger partial charge in [-0.05, 0) is 33.3 Å². The van der Waals surface area contributed by atoms with Crippen LogP contribution in [-0.4, -0.2) is 40.9 Å². The van der Waals surface area contributed by atoms with E-state index in [1.54, 1.807) is 0 Å². The second-order valence-electron chi connectivity index (χ2n) is 4.45. The normalized spacial score (nSPS) is 17.1. The van der Waals surface area contributed by atoms with E-state index in [1.165, 1.54) is 0 Å². The lowest BCUT2D eigenvalue weighted by Gasteiger charge is -2.28. The molecular formula is C15H27NO3Si. The van der Waals surface area contributed by atoms with Gasteiger partial charge in [0.1, 0.15) is 0 Å². The molecule has 5 heteroatoms. The zero-order chi connectivity index (χ0) is 14.7. The van der Waals surface area contributed by atoms with Gasteiger partial charge >= 0.3 is 8.80 Å². The number of allylic oxidation sites excluding steroid dienone is 4. The topological polar surface area (TPSA) is 40.0 Å². The minimum absolute atomic E-state index is 0.633. The van der Waals surface area contributed by atoms with Gasteiger partial charge in [0.25, 0.3) is 0 Å². The second kappa shape index (κ2) is 10.0. The fourth-order valence-electron chi connectivity index (χ4n) is 2.14. The van der Waals surface area contributed by atoms with Gasteiger partial charge in [-0.3, -0.25) is 4.99 Å². The van der Waals surface area contributed by atoms with Crippen LogP contribution in [0.1, 0.15) is 33.6 Å². The molecule has 0 aromatic rings. The van der Waals surface area contributed by atoms with Crippen molar-refractivity contribution >= 4 is 14.5 Å². The molecule has 4 nitrogen and oxygen atoms in total. The van der Waals surface area contributed by atoms with Crippen LogP contribution in [0.4, 0.5) is 0 Å². The predicted molar refractivity (Wildman–Crippen MR) is 85.3 cm³/mol. The maximum absolute atomic E-state index is 5.82. The summed E-state index contributed by atoms with van der Waals surface area (Å²) >= 11 is 0. The predicted octanol–water partition coefficient (Wildman–Crippen LogP) is 3.38.